The fourth-order valence-electron chi connectivity index (χ4n) is 2.06. The van der Waals surface area contributed by atoms with Crippen molar-refractivity contribution >= 4 is 5.91 Å². The molecule has 1 atom stereocenters. The molecule has 0 radical (unpaired) electrons. The highest BCUT2D eigenvalue weighted by atomic mass is 19.1. The van der Waals surface area contributed by atoms with Crippen molar-refractivity contribution in [1.29, 1.82) is 0 Å². The van der Waals surface area contributed by atoms with E-state index in [2.05, 4.69) is 5.32 Å². The van der Waals surface area contributed by atoms with Gasteiger partial charge in [-0.25, -0.2) is 8.78 Å². The van der Waals surface area contributed by atoms with E-state index in [1.807, 2.05) is 13.8 Å². The number of hydrogen-bond acceptors (Lipinski definition) is 2. The lowest BCUT2D eigenvalue weighted by Crippen LogP contribution is -2.28. The molecule has 20 heavy (non-hydrogen) atoms. The van der Waals surface area contributed by atoms with Crippen LogP contribution in [0.3, 0.4) is 0 Å². The summed E-state index contributed by atoms with van der Waals surface area (Å²) in [7, 11) is 0. The summed E-state index contributed by atoms with van der Waals surface area (Å²) in [4.78, 5) is 11.4. The zero-order valence-electron chi connectivity index (χ0n) is 12.3. The Morgan fingerprint density at radius 3 is 2.45 bits per heavy atom. The highest BCUT2D eigenvalue weighted by Crippen LogP contribution is 2.31. The first kappa shape index (κ1) is 16.4. The number of ether oxygens (including phenoxy) is 1. The quantitative estimate of drug-likeness (QED) is 0.924. The smallest absolute Gasteiger partial charge is 0.261 e. The molecular weight excluding hydrogens is 264 g/mol. The van der Waals surface area contributed by atoms with Gasteiger partial charge in [-0.1, -0.05) is 27.7 Å². The summed E-state index contributed by atoms with van der Waals surface area (Å²) in [5, 5.41) is 2.62. The third-order valence-electron chi connectivity index (χ3n) is 2.90. The molecule has 1 aliphatic heterocycles. The van der Waals surface area contributed by atoms with Crippen LogP contribution in [0.15, 0.2) is 12.1 Å². The van der Waals surface area contributed by atoms with Gasteiger partial charge in [0.25, 0.3) is 5.91 Å². The number of carbonyl (C=O) groups excluding carboxylic acids is 1. The molecule has 0 aromatic heterocycles. The number of nitrogens with one attached hydrogen (secondary N) is 1. The van der Waals surface area contributed by atoms with Crippen molar-refractivity contribution in [3.63, 3.8) is 0 Å². The predicted molar refractivity (Wildman–Crippen MR) is 73.8 cm³/mol. The average Bonchev–Trinajstić information content (AvgIpc) is 2.76. The van der Waals surface area contributed by atoms with Crippen molar-refractivity contribution in [2.45, 2.75) is 46.1 Å². The lowest BCUT2D eigenvalue weighted by atomic mass is 10.0. The summed E-state index contributed by atoms with van der Waals surface area (Å²) >= 11 is 0. The van der Waals surface area contributed by atoms with Crippen molar-refractivity contribution in [3.8, 4) is 5.75 Å². The van der Waals surface area contributed by atoms with Crippen LogP contribution in [0.1, 0.15) is 45.6 Å². The van der Waals surface area contributed by atoms with E-state index in [-0.39, 0.29) is 17.6 Å². The minimum absolute atomic E-state index is 0.115. The Morgan fingerprint density at radius 2 is 1.95 bits per heavy atom. The number of halogens is 2. The minimum atomic E-state index is -0.703. The maximum absolute atomic E-state index is 13.7. The van der Waals surface area contributed by atoms with Gasteiger partial charge in [-0.05, 0) is 5.92 Å². The van der Waals surface area contributed by atoms with Crippen molar-refractivity contribution in [2.75, 3.05) is 6.54 Å². The highest BCUT2D eigenvalue weighted by Gasteiger charge is 2.28. The number of amides is 1. The third kappa shape index (κ3) is 3.68. The molecule has 3 nitrogen and oxygen atoms in total. The van der Waals surface area contributed by atoms with Crippen molar-refractivity contribution in [1.82, 2.24) is 5.32 Å². The second-order valence-corrected chi connectivity index (χ2v) is 4.64. The highest BCUT2D eigenvalue weighted by molar-refractivity contribution is 5.83. The van der Waals surface area contributed by atoms with Crippen molar-refractivity contribution in [3.05, 3.63) is 29.3 Å². The normalized spacial score (nSPS) is 17.6. The summed E-state index contributed by atoms with van der Waals surface area (Å²) in [6.07, 6.45) is -0.155. The Bertz CT molecular complexity index is 475. The Kier molecular flexibility index (Phi) is 5.92. The molecule has 1 amide bonds. The lowest BCUT2D eigenvalue weighted by molar-refractivity contribution is -0.124. The Labute approximate surface area is 118 Å². The predicted octanol–water partition coefficient (Wildman–Crippen LogP) is 3.38. The van der Waals surface area contributed by atoms with Gasteiger partial charge in [-0.3, -0.25) is 4.79 Å². The number of carbonyl (C=O) groups is 1. The van der Waals surface area contributed by atoms with Gasteiger partial charge in [0.2, 0.25) is 0 Å². The van der Waals surface area contributed by atoms with Gasteiger partial charge in [0.1, 0.15) is 17.4 Å². The molecule has 0 spiro atoms. The van der Waals surface area contributed by atoms with E-state index in [0.29, 0.717) is 18.5 Å². The van der Waals surface area contributed by atoms with E-state index < -0.39 is 17.7 Å². The number of rotatable bonds is 3. The van der Waals surface area contributed by atoms with Gasteiger partial charge in [0, 0.05) is 30.7 Å². The SMILES string of the molecule is CC.CC(C)c1c(F)cc(F)cc1OC1CCNC1=O. The van der Waals surface area contributed by atoms with Crippen LogP contribution in [0.4, 0.5) is 8.78 Å². The van der Waals surface area contributed by atoms with Crippen molar-refractivity contribution < 1.29 is 18.3 Å². The van der Waals surface area contributed by atoms with Crippen LogP contribution in [0.25, 0.3) is 0 Å². The maximum atomic E-state index is 13.7. The summed E-state index contributed by atoms with van der Waals surface area (Å²) in [6, 6.07) is 1.96. The van der Waals surface area contributed by atoms with Gasteiger partial charge in [-0.15, -0.1) is 0 Å². The zero-order valence-corrected chi connectivity index (χ0v) is 12.3. The molecule has 112 valence electrons. The maximum Gasteiger partial charge on any atom is 0.261 e. The fraction of sp³-hybridized carbons (Fsp3) is 0.533. The van der Waals surface area contributed by atoms with E-state index in [1.165, 1.54) is 0 Å². The van der Waals surface area contributed by atoms with E-state index >= 15 is 0 Å². The molecular formula is C15H21F2NO2. The third-order valence-corrected chi connectivity index (χ3v) is 2.90. The summed E-state index contributed by atoms with van der Waals surface area (Å²) in [5.74, 6) is -1.62. The van der Waals surface area contributed by atoms with Crippen LogP contribution in [-0.4, -0.2) is 18.6 Å². The molecule has 1 N–H and O–H groups in total. The molecule has 5 heteroatoms. The Balaban J connectivity index is 0.000000956. The molecule has 1 heterocycles. The second-order valence-electron chi connectivity index (χ2n) is 4.64. The standard InChI is InChI=1S/C13H15F2NO2.C2H6/c1-7(2)12-9(15)5-8(14)6-11(12)18-10-3-4-16-13(10)17;1-2/h5-7,10H,3-4H2,1-2H3,(H,16,17);1-2H3. The first-order chi connectivity index (χ1) is 9.49. The average molecular weight is 285 g/mol. The van der Waals surface area contributed by atoms with E-state index in [4.69, 9.17) is 4.74 Å². The first-order valence-corrected chi connectivity index (χ1v) is 6.92. The van der Waals surface area contributed by atoms with Crippen LogP contribution >= 0.6 is 0 Å². The largest absolute Gasteiger partial charge is 0.480 e. The van der Waals surface area contributed by atoms with Crippen LogP contribution in [0.5, 0.6) is 5.75 Å². The van der Waals surface area contributed by atoms with Crippen molar-refractivity contribution in [2.24, 2.45) is 0 Å². The number of hydrogen-bond donors (Lipinski definition) is 1. The van der Waals surface area contributed by atoms with Gasteiger partial charge >= 0.3 is 0 Å². The minimum Gasteiger partial charge on any atom is -0.480 e. The van der Waals surface area contributed by atoms with Gasteiger partial charge in [0.05, 0.1) is 0 Å². The molecule has 1 aromatic rings. The zero-order chi connectivity index (χ0) is 15.3. The van der Waals surface area contributed by atoms with Crippen LogP contribution in [-0.2, 0) is 4.79 Å². The molecule has 1 unspecified atom stereocenters. The molecule has 0 bridgehead atoms. The summed E-state index contributed by atoms with van der Waals surface area (Å²) < 4.78 is 32.4. The Morgan fingerprint density at radius 1 is 1.30 bits per heavy atom. The van der Waals surface area contributed by atoms with E-state index in [1.54, 1.807) is 13.8 Å². The lowest BCUT2D eigenvalue weighted by Gasteiger charge is -2.17. The van der Waals surface area contributed by atoms with Crippen LogP contribution in [0.2, 0.25) is 0 Å². The van der Waals surface area contributed by atoms with E-state index in [9.17, 15) is 13.6 Å². The topological polar surface area (TPSA) is 38.3 Å². The molecule has 1 saturated heterocycles. The molecule has 2 rings (SSSR count). The molecule has 1 aromatic carbocycles. The van der Waals surface area contributed by atoms with Gasteiger partial charge in [-0.2, -0.15) is 0 Å². The summed E-state index contributed by atoms with van der Waals surface area (Å²) in [5.41, 5.74) is 0.302. The monoisotopic (exact) mass is 285 g/mol. The van der Waals surface area contributed by atoms with Gasteiger partial charge in [0.15, 0.2) is 6.10 Å². The molecule has 0 saturated carbocycles. The molecule has 0 aliphatic carbocycles. The Hall–Kier alpha value is -1.65. The number of benzene rings is 1. The first-order valence-electron chi connectivity index (χ1n) is 6.92. The second kappa shape index (κ2) is 7.22. The summed E-state index contributed by atoms with van der Waals surface area (Å²) in [6.45, 7) is 8.11. The van der Waals surface area contributed by atoms with Crippen LogP contribution < -0.4 is 10.1 Å². The fourth-order valence-corrected chi connectivity index (χ4v) is 2.06. The van der Waals surface area contributed by atoms with Gasteiger partial charge < -0.3 is 10.1 Å². The van der Waals surface area contributed by atoms with Crippen LogP contribution in [0, 0.1) is 11.6 Å². The molecule has 1 aliphatic rings. The van der Waals surface area contributed by atoms with E-state index in [0.717, 1.165) is 12.1 Å². The molecule has 1 fully saturated rings.